The number of aromatic nitrogens is 3. The minimum Gasteiger partial charge on any atom is -0.480 e. The molecule has 0 spiro atoms. The number of benzene rings is 2. The molecule has 36 heavy (non-hydrogen) atoms. The summed E-state index contributed by atoms with van der Waals surface area (Å²) in [4.78, 5) is 15.3. The molecule has 0 atom stereocenters. The highest BCUT2D eigenvalue weighted by Crippen LogP contribution is 2.42. The molecule has 2 fully saturated rings. The third kappa shape index (κ3) is 4.78. The topological polar surface area (TPSA) is 78.1 Å². The Bertz CT molecular complexity index is 1410. The Kier molecular flexibility index (Phi) is 6.29. The van der Waals surface area contributed by atoms with Crippen molar-refractivity contribution in [3.8, 4) is 17.1 Å². The van der Waals surface area contributed by atoms with Gasteiger partial charge >= 0.3 is 0 Å². The van der Waals surface area contributed by atoms with Crippen molar-refractivity contribution in [3.05, 3.63) is 64.3 Å². The minimum atomic E-state index is 0.352. The number of nitrogens with one attached hydrogen (secondary N) is 3. The molecule has 4 aromatic rings. The van der Waals surface area contributed by atoms with Crippen LogP contribution in [0.5, 0.6) is 5.88 Å². The van der Waals surface area contributed by atoms with Gasteiger partial charge in [-0.1, -0.05) is 29.8 Å². The highest BCUT2D eigenvalue weighted by atomic mass is 35.5. The summed E-state index contributed by atoms with van der Waals surface area (Å²) in [6, 6.07) is 13.1. The van der Waals surface area contributed by atoms with Gasteiger partial charge in [-0.05, 0) is 60.6 Å². The summed E-state index contributed by atoms with van der Waals surface area (Å²) in [5.41, 5.74) is 7.50. The minimum absolute atomic E-state index is 0.352. The molecule has 0 radical (unpaired) electrons. The molecule has 7 nitrogen and oxygen atoms in total. The second kappa shape index (κ2) is 9.73. The zero-order valence-corrected chi connectivity index (χ0v) is 21.5. The van der Waals surface area contributed by atoms with Crippen LogP contribution in [0.15, 0.2) is 42.6 Å². The van der Waals surface area contributed by atoms with Crippen LogP contribution < -0.4 is 15.4 Å². The van der Waals surface area contributed by atoms with Crippen molar-refractivity contribution in [1.82, 2.24) is 25.2 Å². The van der Waals surface area contributed by atoms with Crippen LogP contribution in [0.1, 0.15) is 35.4 Å². The predicted molar refractivity (Wildman–Crippen MR) is 145 cm³/mol. The highest BCUT2D eigenvalue weighted by molar-refractivity contribution is 6.34. The molecule has 2 aliphatic rings. The van der Waals surface area contributed by atoms with Gasteiger partial charge < -0.3 is 20.4 Å². The van der Waals surface area contributed by atoms with Crippen LogP contribution in [0.2, 0.25) is 5.02 Å². The molecule has 186 valence electrons. The van der Waals surface area contributed by atoms with Crippen molar-refractivity contribution in [3.63, 3.8) is 0 Å². The van der Waals surface area contributed by atoms with E-state index in [1.54, 1.807) is 7.11 Å². The number of H-pyrrole nitrogens is 1. The number of ether oxygens (including phenoxy) is 1. The number of hydrogen-bond donors (Lipinski definition) is 3. The zero-order chi connectivity index (χ0) is 24.6. The van der Waals surface area contributed by atoms with Gasteiger partial charge in [0.2, 0.25) is 11.8 Å². The lowest BCUT2D eigenvalue weighted by Crippen LogP contribution is -2.42. The third-order valence-corrected chi connectivity index (χ3v) is 7.38. The first kappa shape index (κ1) is 23.3. The van der Waals surface area contributed by atoms with Gasteiger partial charge in [0.05, 0.1) is 7.11 Å². The number of anilines is 2. The second-order valence-electron chi connectivity index (χ2n) is 9.86. The molecule has 0 unspecified atom stereocenters. The number of fused-ring (bicyclic) bond motifs is 1. The first-order valence-electron chi connectivity index (χ1n) is 12.6. The summed E-state index contributed by atoms with van der Waals surface area (Å²) in [6.45, 7) is 7.25. The lowest BCUT2D eigenvalue weighted by Gasteiger charge is -2.27. The van der Waals surface area contributed by atoms with Gasteiger partial charge in [-0.2, -0.15) is 4.98 Å². The van der Waals surface area contributed by atoms with Gasteiger partial charge in [0.25, 0.3) is 0 Å². The molecule has 2 aromatic carbocycles. The molecule has 1 saturated carbocycles. The maximum Gasteiger partial charge on any atom is 0.237 e. The molecule has 3 heterocycles. The molecule has 1 aliphatic carbocycles. The number of rotatable bonds is 7. The Morgan fingerprint density at radius 2 is 1.94 bits per heavy atom. The van der Waals surface area contributed by atoms with E-state index in [9.17, 15) is 0 Å². The summed E-state index contributed by atoms with van der Waals surface area (Å²) in [5, 5.41) is 8.36. The van der Waals surface area contributed by atoms with Gasteiger partial charge in [-0.3, -0.25) is 4.90 Å². The summed E-state index contributed by atoms with van der Waals surface area (Å²) in [7, 11) is 1.58. The summed E-state index contributed by atoms with van der Waals surface area (Å²) < 4.78 is 5.54. The van der Waals surface area contributed by atoms with E-state index in [0.29, 0.717) is 28.5 Å². The number of aryl methyl sites for hydroxylation is 1. The molecular formula is C28H31ClN6O. The summed E-state index contributed by atoms with van der Waals surface area (Å²) >= 11 is 6.71. The smallest absolute Gasteiger partial charge is 0.237 e. The fourth-order valence-electron chi connectivity index (χ4n) is 5.02. The first-order chi connectivity index (χ1) is 17.6. The van der Waals surface area contributed by atoms with E-state index in [2.05, 4.69) is 68.8 Å². The zero-order valence-electron chi connectivity index (χ0n) is 20.7. The van der Waals surface area contributed by atoms with E-state index < -0.39 is 0 Å². The van der Waals surface area contributed by atoms with Crippen molar-refractivity contribution in [1.29, 1.82) is 0 Å². The first-order valence-corrected chi connectivity index (χ1v) is 13.0. The fraction of sp³-hybridized carbons (Fsp3) is 0.357. The van der Waals surface area contributed by atoms with E-state index in [-0.39, 0.29) is 0 Å². The van der Waals surface area contributed by atoms with Gasteiger partial charge in [-0.25, -0.2) is 4.98 Å². The number of aromatic amines is 1. The van der Waals surface area contributed by atoms with Crippen LogP contribution >= 0.6 is 11.6 Å². The van der Waals surface area contributed by atoms with Gasteiger partial charge in [0, 0.05) is 61.1 Å². The van der Waals surface area contributed by atoms with Crippen LogP contribution in [0.3, 0.4) is 0 Å². The van der Waals surface area contributed by atoms with Crippen molar-refractivity contribution in [2.45, 2.75) is 32.2 Å². The second-order valence-corrected chi connectivity index (χ2v) is 10.2. The lowest BCUT2D eigenvalue weighted by atomic mass is 10.0. The van der Waals surface area contributed by atoms with Crippen LogP contribution in [0.25, 0.3) is 22.2 Å². The molecule has 0 bridgehead atoms. The average Bonchev–Trinajstić information content (AvgIpc) is 3.66. The largest absolute Gasteiger partial charge is 0.480 e. The molecule has 6 rings (SSSR count). The Labute approximate surface area is 216 Å². The van der Waals surface area contributed by atoms with E-state index >= 15 is 0 Å². The van der Waals surface area contributed by atoms with E-state index in [1.807, 2.05) is 6.20 Å². The Balaban J connectivity index is 1.36. The predicted octanol–water partition coefficient (Wildman–Crippen LogP) is 5.62. The number of hydrogen-bond acceptors (Lipinski definition) is 6. The normalized spacial score (nSPS) is 16.4. The SMILES string of the molecule is COc1nc(Nc2cc(CN3CCNCC3)cc(C3CC3)c2)nc(-c2c[nH]c3cc(C)ccc23)c1Cl. The van der Waals surface area contributed by atoms with Crippen LogP contribution in [-0.2, 0) is 6.54 Å². The monoisotopic (exact) mass is 502 g/mol. The van der Waals surface area contributed by atoms with Gasteiger partial charge in [0.1, 0.15) is 10.7 Å². The summed E-state index contributed by atoms with van der Waals surface area (Å²) in [6.07, 6.45) is 4.46. The highest BCUT2D eigenvalue weighted by Gasteiger charge is 2.25. The number of piperazine rings is 1. The molecule has 3 N–H and O–H groups in total. The molecule has 2 aromatic heterocycles. The molecule has 8 heteroatoms. The van der Waals surface area contributed by atoms with Crippen LogP contribution in [0, 0.1) is 6.92 Å². The fourth-order valence-corrected chi connectivity index (χ4v) is 5.29. The van der Waals surface area contributed by atoms with Crippen molar-refractivity contribution in [2.24, 2.45) is 0 Å². The van der Waals surface area contributed by atoms with Crippen molar-refractivity contribution in [2.75, 3.05) is 38.6 Å². The standard InChI is InChI=1S/C28H31ClN6O/c1-17-3-6-22-23(15-31-24(22)11-17)26-25(29)27(36-2)34-28(33-26)32-21-13-18(12-20(14-21)19-4-5-19)16-35-9-7-30-8-10-35/h3,6,11-15,19,30-31H,4-5,7-10,16H2,1-2H3,(H,32,33,34). The molecule has 1 aliphatic heterocycles. The lowest BCUT2D eigenvalue weighted by molar-refractivity contribution is 0.233. The van der Waals surface area contributed by atoms with E-state index in [0.717, 1.165) is 54.9 Å². The van der Waals surface area contributed by atoms with Gasteiger partial charge in [-0.15, -0.1) is 0 Å². The maximum absolute atomic E-state index is 6.71. The summed E-state index contributed by atoms with van der Waals surface area (Å²) in [5.74, 6) is 1.47. The third-order valence-electron chi connectivity index (χ3n) is 7.04. The average molecular weight is 503 g/mol. The van der Waals surface area contributed by atoms with Crippen LogP contribution in [-0.4, -0.2) is 53.1 Å². The molecular weight excluding hydrogens is 472 g/mol. The maximum atomic E-state index is 6.71. The Morgan fingerprint density at radius 1 is 1.11 bits per heavy atom. The Morgan fingerprint density at radius 3 is 2.72 bits per heavy atom. The molecule has 1 saturated heterocycles. The Hall–Kier alpha value is -3.13. The van der Waals surface area contributed by atoms with E-state index in [1.165, 1.54) is 29.5 Å². The number of halogens is 1. The molecule has 0 amide bonds. The van der Waals surface area contributed by atoms with E-state index in [4.69, 9.17) is 21.3 Å². The van der Waals surface area contributed by atoms with Gasteiger partial charge in [0.15, 0.2) is 0 Å². The van der Waals surface area contributed by atoms with Crippen molar-refractivity contribution >= 4 is 34.1 Å². The number of methoxy groups -OCH3 is 1. The quantitative estimate of drug-likeness (QED) is 0.304. The number of nitrogens with zero attached hydrogens (tertiary/aromatic N) is 3. The van der Waals surface area contributed by atoms with Crippen molar-refractivity contribution < 1.29 is 4.74 Å². The van der Waals surface area contributed by atoms with Crippen LogP contribution in [0.4, 0.5) is 11.6 Å².